The lowest BCUT2D eigenvalue weighted by Gasteiger charge is -2.08. The van der Waals surface area contributed by atoms with Crippen LogP contribution in [0.15, 0.2) is 47.6 Å². The molecule has 23 heavy (non-hydrogen) atoms. The topological polar surface area (TPSA) is 53.8 Å². The zero-order chi connectivity index (χ0) is 16.9. The summed E-state index contributed by atoms with van der Waals surface area (Å²) >= 11 is 0. The highest BCUT2D eigenvalue weighted by atomic mass is 19.4. The van der Waals surface area contributed by atoms with Crippen molar-refractivity contribution < 1.29 is 23.0 Å². The molecule has 2 aromatic carbocycles. The number of hydrogen-bond donors (Lipinski definition) is 2. The molecule has 7 heteroatoms. The first-order chi connectivity index (χ1) is 10.9. The molecule has 2 N–H and O–H groups in total. The Kier molecular flexibility index (Phi) is 5.10. The summed E-state index contributed by atoms with van der Waals surface area (Å²) in [5.41, 5.74) is 2.70. The van der Waals surface area contributed by atoms with Crippen molar-refractivity contribution in [1.29, 1.82) is 0 Å². The number of ether oxygens (including phenoxy) is 1. The lowest BCUT2D eigenvalue weighted by Crippen LogP contribution is -2.04. The van der Waals surface area contributed by atoms with E-state index < -0.39 is 11.7 Å². The molecule has 0 fully saturated rings. The number of hydrogen-bond acceptors (Lipinski definition) is 4. The molecule has 0 spiro atoms. The lowest BCUT2D eigenvalue weighted by molar-refractivity contribution is -0.137. The summed E-state index contributed by atoms with van der Waals surface area (Å²) in [6, 6.07) is 9.43. The third-order valence-corrected chi connectivity index (χ3v) is 2.94. The van der Waals surface area contributed by atoms with Crippen LogP contribution in [0.3, 0.4) is 0 Å². The van der Waals surface area contributed by atoms with Gasteiger partial charge in [-0.05, 0) is 43.3 Å². The number of phenols is 1. The maximum absolute atomic E-state index is 12.4. The minimum absolute atomic E-state index is 0.0488. The Morgan fingerprint density at radius 1 is 1.17 bits per heavy atom. The first-order valence-corrected chi connectivity index (χ1v) is 6.83. The monoisotopic (exact) mass is 324 g/mol. The van der Waals surface area contributed by atoms with Gasteiger partial charge in [-0.25, -0.2) is 0 Å². The van der Waals surface area contributed by atoms with Crippen LogP contribution >= 0.6 is 0 Å². The fourth-order valence-corrected chi connectivity index (χ4v) is 1.83. The minimum Gasteiger partial charge on any atom is -0.504 e. The van der Waals surface area contributed by atoms with Crippen LogP contribution in [0.25, 0.3) is 0 Å². The summed E-state index contributed by atoms with van der Waals surface area (Å²) in [5.74, 6) is 0.290. The summed E-state index contributed by atoms with van der Waals surface area (Å²) in [5, 5.41) is 13.9. The van der Waals surface area contributed by atoms with Crippen LogP contribution in [-0.2, 0) is 6.18 Å². The van der Waals surface area contributed by atoms with Gasteiger partial charge >= 0.3 is 6.18 Å². The standard InChI is InChI=1S/C16H15F3N2O2/c1-2-23-14-5-3-4-11(15(14)22)10-20-21-13-8-6-12(7-9-13)16(17,18)19/h3-10,21-22H,2H2,1H3/b20-10+. The van der Waals surface area contributed by atoms with Crippen molar-refractivity contribution in [2.24, 2.45) is 5.10 Å². The van der Waals surface area contributed by atoms with Crippen molar-refractivity contribution >= 4 is 11.9 Å². The van der Waals surface area contributed by atoms with Crippen molar-refractivity contribution in [3.05, 3.63) is 53.6 Å². The van der Waals surface area contributed by atoms with Crippen molar-refractivity contribution in [3.63, 3.8) is 0 Å². The van der Waals surface area contributed by atoms with Crippen LogP contribution in [0.2, 0.25) is 0 Å². The molecule has 0 aromatic heterocycles. The molecule has 0 saturated carbocycles. The van der Waals surface area contributed by atoms with E-state index >= 15 is 0 Å². The molecule has 0 atom stereocenters. The SMILES string of the molecule is CCOc1cccc(/C=N/Nc2ccc(C(F)(F)F)cc2)c1O. The van der Waals surface area contributed by atoms with Crippen LogP contribution in [0, 0.1) is 0 Å². The summed E-state index contributed by atoms with van der Waals surface area (Å²) in [7, 11) is 0. The Morgan fingerprint density at radius 2 is 1.87 bits per heavy atom. The van der Waals surface area contributed by atoms with Gasteiger partial charge in [-0.2, -0.15) is 18.3 Å². The van der Waals surface area contributed by atoms with E-state index in [1.54, 1.807) is 25.1 Å². The molecule has 122 valence electrons. The number of anilines is 1. The number of alkyl halides is 3. The number of para-hydroxylation sites is 1. The van der Waals surface area contributed by atoms with Crippen LogP contribution in [-0.4, -0.2) is 17.9 Å². The van der Waals surface area contributed by atoms with Crippen LogP contribution in [0.4, 0.5) is 18.9 Å². The third-order valence-electron chi connectivity index (χ3n) is 2.94. The van der Waals surface area contributed by atoms with Gasteiger partial charge in [0.05, 0.1) is 24.1 Å². The molecular formula is C16H15F3N2O2. The molecule has 4 nitrogen and oxygen atoms in total. The van der Waals surface area contributed by atoms with E-state index in [1.165, 1.54) is 18.3 Å². The van der Waals surface area contributed by atoms with Gasteiger partial charge in [0.25, 0.3) is 0 Å². The predicted molar refractivity (Wildman–Crippen MR) is 81.9 cm³/mol. The second-order valence-electron chi connectivity index (χ2n) is 4.57. The van der Waals surface area contributed by atoms with Crippen molar-refractivity contribution in [2.75, 3.05) is 12.0 Å². The summed E-state index contributed by atoms with van der Waals surface area (Å²) in [4.78, 5) is 0. The number of aromatic hydroxyl groups is 1. The zero-order valence-electron chi connectivity index (χ0n) is 12.3. The number of halogens is 3. The molecule has 0 aliphatic rings. The molecule has 2 aromatic rings. The summed E-state index contributed by atoms with van der Waals surface area (Å²) in [6.45, 7) is 2.21. The van der Waals surface area contributed by atoms with Gasteiger partial charge in [0.1, 0.15) is 0 Å². The minimum atomic E-state index is -4.37. The van der Waals surface area contributed by atoms with Crippen LogP contribution in [0.5, 0.6) is 11.5 Å². The average molecular weight is 324 g/mol. The summed E-state index contributed by atoms with van der Waals surface area (Å²) < 4.78 is 42.6. The van der Waals surface area contributed by atoms with Gasteiger partial charge in [0, 0.05) is 5.56 Å². The van der Waals surface area contributed by atoms with E-state index in [2.05, 4.69) is 10.5 Å². The lowest BCUT2D eigenvalue weighted by atomic mass is 10.2. The fraction of sp³-hybridized carbons (Fsp3) is 0.188. The van der Waals surface area contributed by atoms with Crippen molar-refractivity contribution in [1.82, 2.24) is 0 Å². The molecular weight excluding hydrogens is 309 g/mol. The Morgan fingerprint density at radius 3 is 2.48 bits per heavy atom. The summed E-state index contributed by atoms with van der Waals surface area (Å²) in [6.07, 6.45) is -3.01. The number of nitrogens with one attached hydrogen (secondary N) is 1. The van der Waals surface area contributed by atoms with E-state index in [-0.39, 0.29) is 5.75 Å². The van der Waals surface area contributed by atoms with Gasteiger partial charge in [-0.1, -0.05) is 6.07 Å². The number of phenolic OH excluding ortho intramolecular Hbond substituents is 1. The maximum Gasteiger partial charge on any atom is 0.416 e. The van der Waals surface area contributed by atoms with E-state index in [4.69, 9.17) is 4.74 Å². The Hall–Kier alpha value is -2.70. The third kappa shape index (κ3) is 4.38. The normalized spacial score (nSPS) is 11.7. The molecule has 0 aliphatic carbocycles. The maximum atomic E-state index is 12.4. The van der Waals surface area contributed by atoms with E-state index in [0.717, 1.165) is 12.1 Å². The molecule has 0 unspecified atom stereocenters. The molecule has 0 bridgehead atoms. The Bertz CT molecular complexity index is 683. The highest BCUT2D eigenvalue weighted by Crippen LogP contribution is 2.30. The molecule has 0 radical (unpaired) electrons. The highest BCUT2D eigenvalue weighted by molar-refractivity contribution is 5.85. The van der Waals surface area contributed by atoms with Gasteiger partial charge in [0.15, 0.2) is 11.5 Å². The molecule has 0 amide bonds. The molecule has 0 heterocycles. The molecule has 0 aliphatic heterocycles. The number of hydrazone groups is 1. The van der Waals surface area contributed by atoms with Gasteiger partial charge < -0.3 is 9.84 Å². The second kappa shape index (κ2) is 7.04. The second-order valence-corrected chi connectivity index (χ2v) is 4.57. The Labute approximate surface area is 131 Å². The first-order valence-electron chi connectivity index (χ1n) is 6.83. The van der Waals surface area contributed by atoms with E-state index in [0.29, 0.717) is 23.6 Å². The molecule has 0 saturated heterocycles. The smallest absolute Gasteiger partial charge is 0.416 e. The Balaban J connectivity index is 2.06. The number of benzene rings is 2. The van der Waals surface area contributed by atoms with Crippen molar-refractivity contribution in [3.8, 4) is 11.5 Å². The van der Waals surface area contributed by atoms with Gasteiger partial charge in [-0.15, -0.1) is 0 Å². The van der Waals surface area contributed by atoms with E-state index in [1.807, 2.05) is 0 Å². The highest BCUT2D eigenvalue weighted by Gasteiger charge is 2.29. The fourth-order valence-electron chi connectivity index (χ4n) is 1.83. The molecule has 2 rings (SSSR count). The van der Waals surface area contributed by atoms with Crippen LogP contribution < -0.4 is 10.2 Å². The zero-order valence-corrected chi connectivity index (χ0v) is 12.3. The van der Waals surface area contributed by atoms with Gasteiger partial charge in [-0.3, -0.25) is 5.43 Å². The number of rotatable bonds is 5. The quantitative estimate of drug-likeness (QED) is 0.638. The van der Waals surface area contributed by atoms with Crippen molar-refractivity contribution in [2.45, 2.75) is 13.1 Å². The van der Waals surface area contributed by atoms with Gasteiger partial charge in [0.2, 0.25) is 0 Å². The predicted octanol–water partition coefficient (Wildman–Crippen LogP) is 4.26. The first kappa shape index (κ1) is 16.7. The largest absolute Gasteiger partial charge is 0.504 e. The average Bonchev–Trinajstić information content (AvgIpc) is 2.51. The van der Waals surface area contributed by atoms with Crippen LogP contribution in [0.1, 0.15) is 18.1 Å². The van der Waals surface area contributed by atoms with E-state index in [9.17, 15) is 18.3 Å². The number of nitrogens with zero attached hydrogens (tertiary/aromatic N) is 1.